The standard InChI is InChI=1S/C3H5NS3/c5-3-1-4(6)2-7-3/h1,5-6H,2H2. The van der Waals surface area contributed by atoms with Crippen LogP contribution in [0.25, 0.3) is 0 Å². The monoisotopic (exact) mass is 151 g/mol. The summed E-state index contributed by atoms with van der Waals surface area (Å²) in [6.45, 7) is 0. The fourth-order valence-electron chi connectivity index (χ4n) is 0.334. The van der Waals surface area contributed by atoms with E-state index < -0.39 is 0 Å². The summed E-state index contributed by atoms with van der Waals surface area (Å²) in [5, 5.41) is 0. The van der Waals surface area contributed by atoms with E-state index in [9.17, 15) is 0 Å². The normalized spacial score (nSPS) is 20.3. The zero-order valence-corrected chi connectivity index (χ0v) is 6.14. The first kappa shape index (κ1) is 5.72. The Morgan fingerprint density at radius 1 is 1.86 bits per heavy atom. The van der Waals surface area contributed by atoms with Gasteiger partial charge in [0.05, 0.1) is 10.1 Å². The van der Waals surface area contributed by atoms with E-state index in [2.05, 4.69) is 25.4 Å². The van der Waals surface area contributed by atoms with Crippen LogP contribution in [0.4, 0.5) is 0 Å². The lowest BCUT2D eigenvalue weighted by molar-refractivity contribution is 0.770. The lowest BCUT2D eigenvalue weighted by atomic mass is 11.0. The summed E-state index contributed by atoms with van der Waals surface area (Å²) in [7, 11) is 0. The van der Waals surface area contributed by atoms with Gasteiger partial charge in [0.15, 0.2) is 0 Å². The van der Waals surface area contributed by atoms with Crippen molar-refractivity contribution >= 4 is 37.2 Å². The van der Waals surface area contributed by atoms with E-state index in [1.807, 2.05) is 6.20 Å². The smallest absolute Gasteiger partial charge is 0.0794 e. The highest BCUT2D eigenvalue weighted by atomic mass is 32.2. The zero-order chi connectivity index (χ0) is 5.28. The van der Waals surface area contributed by atoms with Gasteiger partial charge in [-0.25, -0.2) is 0 Å². The van der Waals surface area contributed by atoms with Gasteiger partial charge in [-0.05, 0) is 0 Å². The third kappa shape index (κ3) is 1.51. The van der Waals surface area contributed by atoms with Crippen molar-refractivity contribution in [2.24, 2.45) is 0 Å². The van der Waals surface area contributed by atoms with Gasteiger partial charge in [-0.2, -0.15) is 0 Å². The Morgan fingerprint density at radius 2 is 2.57 bits per heavy atom. The fraction of sp³-hybridized carbons (Fsp3) is 0.333. The summed E-state index contributed by atoms with van der Waals surface area (Å²) >= 11 is 9.80. The van der Waals surface area contributed by atoms with Gasteiger partial charge >= 0.3 is 0 Å². The lowest BCUT2D eigenvalue weighted by Gasteiger charge is -1.98. The van der Waals surface area contributed by atoms with Crippen LogP contribution in [0.1, 0.15) is 0 Å². The van der Waals surface area contributed by atoms with Crippen LogP contribution in [0, 0.1) is 0 Å². The molecule has 1 heterocycles. The molecule has 0 spiro atoms. The maximum absolute atomic E-state index is 4.09. The van der Waals surface area contributed by atoms with Crippen LogP contribution in [0.5, 0.6) is 0 Å². The van der Waals surface area contributed by atoms with E-state index in [-0.39, 0.29) is 0 Å². The summed E-state index contributed by atoms with van der Waals surface area (Å²) in [5.74, 6) is 0.919. The topological polar surface area (TPSA) is 3.24 Å². The van der Waals surface area contributed by atoms with Crippen molar-refractivity contribution in [3.63, 3.8) is 0 Å². The van der Waals surface area contributed by atoms with Gasteiger partial charge in [-0.15, -0.1) is 12.6 Å². The first-order valence-electron chi connectivity index (χ1n) is 1.78. The van der Waals surface area contributed by atoms with E-state index in [4.69, 9.17) is 0 Å². The number of thioether (sulfide) groups is 1. The molecular formula is C3H5NS3. The molecule has 0 radical (unpaired) electrons. The SMILES string of the molecule is SC1=CN(S)CS1. The molecule has 1 aliphatic heterocycles. The van der Waals surface area contributed by atoms with Crippen molar-refractivity contribution in [3.05, 3.63) is 10.4 Å². The van der Waals surface area contributed by atoms with Crippen molar-refractivity contribution in [1.82, 2.24) is 4.31 Å². The molecule has 0 fully saturated rings. The molecule has 0 aromatic rings. The molecular weight excluding hydrogens is 146 g/mol. The second kappa shape index (κ2) is 2.24. The Labute approximate surface area is 58.1 Å². The van der Waals surface area contributed by atoms with Crippen molar-refractivity contribution < 1.29 is 0 Å². The molecule has 0 N–H and O–H groups in total. The molecule has 0 aromatic carbocycles. The molecule has 0 amide bonds. The van der Waals surface area contributed by atoms with Gasteiger partial charge in [0.2, 0.25) is 0 Å². The number of nitrogens with zero attached hydrogens (tertiary/aromatic N) is 1. The summed E-state index contributed by atoms with van der Waals surface area (Å²) in [6.07, 6.45) is 1.89. The molecule has 1 aliphatic rings. The first-order valence-corrected chi connectivity index (χ1v) is 3.61. The maximum atomic E-state index is 4.09. The Bertz CT molecular complexity index is 100. The average molecular weight is 151 g/mol. The Balaban J connectivity index is 2.50. The Hall–Kier alpha value is 0.590. The molecule has 0 aromatic heterocycles. The molecule has 1 nitrogen and oxygen atoms in total. The number of rotatable bonds is 0. The highest BCUT2D eigenvalue weighted by Gasteiger charge is 2.04. The second-order valence-electron chi connectivity index (χ2n) is 1.18. The minimum Gasteiger partial charge on any atom is -0.314 e. The summed E-state index contributed by atoms with van der Waals surface area (Å²) < 4.78 is 2.84. The number of hydrogen-bond donors (Lipinski definition) is 2. The van der Waals surface area contributed by atoms with Crippen molar-refractivity contribution in [3.8, 4) is 0 Å². The zero-order valence-electron chi connectivity index (χ0n) is 3.53. The molecule has 0 unspecified atom stereocenters. The Kier molecular flexibility index (Phi) is 1.83. The summed E-state index contributed by atoms with van der Waals surface area (Å²) in [6, 6.07) is 0. The minimum absolute atomic E-state index is 0.919. The van der Waals surface area contributed by atoms with Gasteiger partial charge in [-0.1, -0.05) is 24.6 Å². The van der Waals surface area contributed by atoms with Crippen LogP contribution in [-0.4, -0.2) is 10.2 Å². The molecule has 0 aliphatic carbocycles. The highest BCUT2D eigenvalue weighted by Crippen LogP contribution is 2.28. The van der Waals surface area contributed by atoms with E-state index >= 15 is 0 Å². The molecule has 0 saturated carbocycles. The molecule has 0 bridgehead atoms. The van der Waals surface area contributed by atoms with E-state index in [0.717, 1.165) is 10.1 Å². The molecule has 4 heteroatoms. The second-order valence-corrected chi connectivity index (χ2v) is 3.47. The van der Waals surface area contributed by atoms with Crippen LogP contribution < -0.4 is 0 Å². The number of thiol groups is 2. The van der Waals surface area contributed by atoms with E-state index in [0.29, 0.717) is 0 Å². The van der Waals surface area contributed by atoms with Crippen molar-refractivity contribution in [2.75, 3.05) is 5.88 Å². The lowest BCUT2D eigenvalue weighted by Crippen LogP contribution is -1.93. The summed E-state index contributed by atoms with van der Waals surface area (Å²) in [5.41, 5.74) is 0. The largest absolute Gasteiger partial charge is 0.314 e. The average Bonchev–Trinajstić information content (AvgIpc) is 1.87. The Morgan fingerprint density at radius 3 is 2.71 bits per heavy atom. The van der Waals surface area contributed by atoms with E-state index in [1.54, 1.807) is 16.1 Å². The molecule has 1 rings (SSSR count). The van der Waals surface area contributed by atoms with Crippen LogP contribution >= 0.6 is 37.2 Å². The predicted molar refractivity (Wildman–Crippen MR) is 40.4 cm³/mol. The molecule has 0 atom stereocenters. The van der Waals surface area contributed by atoms with Crippen LogP contribution in [0.15, 0.2) is 10.4 Å². The molecule has 0 saturated heterocycles. The van der Waals surface area contributed by atoms with Gasteiger partial charge in [0.1, 0.15) is 0 Å². The predicted octanol–water partition coefficient (Wildman–Crippen LogP) is 1.57. The van der Waals surface area contributed by atoms with E-state index in [1.165, 1.54) is 0 Å². The van der Waals surface area contributed by atoms with Crippen LogP contribution in [0.2, 0.25) is 0 Å². The molecule has 7 heavy (non-hydrogen) atoms. The summed E-state index contributed by atoms with van der Waals surface area (Å²) in [4.78, 5) is 0. The van der Waals surface area contributed by atoms with Crippen molar-refractivity contribution in [2.45, 2.75) is 0 Å². The highest BCUT2D eigenvalue weighted by molar-refractivity contribution is 8.15. The quantitative estimate of drug-likeness (QED) is 0.506. The van der Waals surface area contributed by atoms with Gasteiger partial charge < -0.3 is 4.31 Å². The maximum Gasteiger partial charge on any atom is 0.0794 e. The van der Waals surface area contributed by atoms with Gasteiger partial charge in [0, 0.05) is 6.20 Å². The molecule has 40 valence electrons. The minimum atomic E-state index is 0.919. The number of hydrogen-bond acceptors (Lipinski definition) is 4. The van der Waals surface area contributed by atoms with Crippen LogP contribution in [-0.2, 0) is 0 Å². The third-order valence-electron chi connectivity index (χ3n) is 0.604. The third-order valence-corrected chi connectivity index (χ3v) is 2.36. The fourth-order valence-corrected chi connectivity index (χ4v) is 1.65. The van der Waals surface area contributed by atoms with Gasteiger partial charge in [-0.3, -0.25) is 0 Å². The van der Waals surface area contributed by atoms with Gasteiger partial charge in [0.25, 0.3) is 0 Å². The van der Waals surface area contributed by atoms with Crippen LogP contribution in [0.3, 0.4) is 0 Å². The van der Waals surface area contributed by atoms with Crippen molar-refractivity contribution in [1.29, 1.82) is 0 Å². The first-order chi connectivity index (χ1) is 3.29.